The first-order valence-electron chi connectivity index (χ1n) is 17.3. The Morgan fingerprint density at radius 2 is 1.11 bits per heavy atom. The normalized spacial score (nSPS) is 12.7. The highest BCUT2D eigenvalue weighted by molar-refractivity contribution is 7.99. The smallest absolute Gasteiger partial charge is 0.408 e. The average molecular weight is 705 g/mol. The molecule has 0 unspecified atom stereocenters. The maximum atomic E-state index is 12.5. The minimum atomic E-state index is -1.73. The van der Waals surface area contributed by atoms with Gasteiger partial charge in [-0.05, 0) is 27.2 Å². The van der Waals surface area contributed by atoms with Gasteiger partial charge in [0.1, 0.15) is 18.2 Å². The van der Waals surface area contributed by atoms with Crippen molar-refractivity contribution in [3.05, 3.63) is 0 Å². The van der Waals surface area contributed by atoms with Gasteiger partial charge in [0.15, 0.2) is 0 Å². The molecule has 0 radical (unpaired) electrons. The number of alkyl halides is 3. The van der Waals surface area contributed by atoms with Crippen LogP contribution >= 0.6 is 46.6 Å². The van der Waals surface area contributed by atoms with Crippen LogP contribution in [-0.4, -0.2) is 58.8 Å². The van der Waals surface area contributed by atoms with E-state index in [4.69, 9.17) is 49.0 Å². The Morgan fingerprint density at radius 1 is 0.682 bits per heavy atom. The number of nitrogens with one attached hydrogen (secondary N) is 1. The number of carbonyl (C=O) groups excluding carboxylic acids is 2. The van der Waals surface area contributed by atoms with E-state index in [2.05, 4.69) is 12.2 Å². The predicted octanol–water partition coefficient (Wildman–Crippen LogP) is 11.4. The molecule has 0 aromatic carbocycles. The van der Waals surface area contributed by atoms with Crippen molar-refractivity contribution in [3.8, 4) is 0 Å². The topological polar surface area (TPSA) is 73.9 Å². The van der Waals surface area contributed by atoms with E-state index < -0.39 is 34.1 Å². The maximum Gasteiger partial charge on any atom is 0.408 e. The molecular weight excluding hydrogens is 641 g/mol. The lowest BCUT2D eigenvalue weighted by molar-refractivity contribution is -0.156. The Balaban J connectivity index is 3.65. The van der Waals surface area contributed by atoms with Crippen LogP contribution in [0.1, 0.15) is 156 Å². The number of unbranched alkanes of at least 4 members (excludes halogenated alkanes) is 19. The summed E-state index contributed by atoms with van der Waals surface area (Å²) in [6.45, 7) is 8.50. The third-order valence-electron chi connectivity index (χ3n) is 7.15. The van der Waals surface area contributed by atoms with E-state index in [9.17, 15) is 9.59 Å². The van der Waals surface area contributed by atoms with Crippen LogP contribution < -0.4 is 5.32 Å². The van der Waals surface area contributed by atoms with Crippen molar-refractivity contribution in [1.82, 2.24) is 5.32 Å². The Morgan fingerprint density at radius 3 is 1.52 bits per heavy atom. The molecule has 10 heteroatoms. The Labute approximate surface area is 289 Å². The molecule has 0 aliphatic carbocycles. The van der Waals surface area contributed by atoms with Crippen molar-refractivity contribution in [3.63, 3.8) is 0 Å². The van der Waals surface area contributed by atoms with Crippen LogP contribution in [0.5, 0.6) is 0 Å². The molecule has 0 aromatic rings. The zero-order valence-electron chi connectivity index (χ0n) is 28.3. The van der Waals surface area contributed by atoms with Crippen LogP contribution in [0.15, 0.2) is 0 Å². The first kappa shape index (κ1) is 43.9. The molecule has 0 spiro atoms. The molecule has 0 saturated heterocycles. The van der Waals surface area contributed by atoms with E-state index in [0.717, 1.165) is 13.0 Å². The third-order valence-corrected chi connectivity index (χ3v) is 8.50. The van der Waals surface area contributed by atoms with Crippen LogP contribution in [0.4, 0.5) is 4.79 Å². The van der Waals surface area contributed by atoms with Gasteiger partial charge in [0, 0.05) is 18.1 Å². The maximum absolute atomic E-state index is 12.5. The van der Waals surface area contributed by atoms with E-state index in [1.54, 1.807) is 20.8 Å². The Bertz CT molecular complexity index is 689. The fraction of sp³-hybridized carbons (Fsp3) is 0.941. The summed E-state index contributed by atoms with van der Waals surface area (Å²) in [6.07, 6.45) is 26.6. The second kappa shape index (κ2) is 29.1. The summed E-state index contributed by atoms with van der Waals surface area (Å²) in [4.78, 5) is 24.6. The third kappa shape index (κ3) is 33.3. The lowest BCUT2D eigenvalue weighted by Crippen LogP contribution is -2.46. The lowest BCUT2D eigenvalue weighted by atomic mass is 10.0. The highest BCUT2D eigenvalue weighted by Crippen LogP contribution is 2.26. The molecule has 6 nitrogen and oxygen atoms in total. The summed E-state index contributed by atoms with van der Waals surface area (Å²) < 4.78 is 14.3. The molecule has 0 aliphatic rings. The highest BCUT2D eigenvalue weighted by Gasteiger charge is 2.28. The van der Waals surface area contributed by atoms with Gasteiger partial charge < -0.3 is 19.5 Å². The van der Waals surface area contributed by atoms with Crippen LogP contribution in [-0.2, 0) is 19.0 Å². The number of thioether (sulfide) groups is 1. The zero-order chi connectivity index (χ0) is 32.9. The van der Waals surface area contributed by atoms with Gasteiger partial charge in [-0.15, -0.1) is 0 Å². The summed E-state index contributed by atoms with van der Waals surface area (Å²) in [7, 11) is 0. The van der Waals surface area contributed by atoms with Gasteiger partial charge in [0.05, 0.1) is 6.61 Å². The predicted molar refractivity (Wildman–Crippen MR) is 191 cm³/mol. The Hall–Kier alpha value is -0.0800. The van der Waals surface area contributed by atoms with E-state index in [0.29, 0.717) is 18.1 Å². The summed E-state index contributed by atoms with van der Waals surface area (Å²) in [5.74, 6) is 0.477. The zero-order valence-corrected chi connectivity index (χ0v) is 31.4. The fourth-order valence-corrected chi connectivity index (χ4v) is 5.77. The van der Waals surface area contributed by atoms with Gasteiger partial charge >= 0.3 is 12.1 Å². The highest BCUT2D eigenvalue weighted by atomic mass is 35.6. The van der Waals surface area contributed by atoms with E-state index >= 15 is 0 Å². The van der Waals surface area contributed by atoms with Gasteiger partial charge in [0.25, 0.3) is 0 Å². The molecule has 0 fully saturated rings. The van der Waals surface area contributed by atoms with Crippen LogP contribution in [0.2, 0.25) is 0 Å². The van der Waals surface area contributed by atoms with E-state index in [-0.39, 0.29) is 0 Å². The first-order valence-corrected chi connectivity index (χ1v) is 19.6. The number of halogens is 3. The van der Waals surface area contributed by atoms with Gasteiger partial charge in [-0.3, -0.25) is 0 Å². The van der Waals surface area contributed by atoms with Crippen molar-refractivity contribution >= 4 is 58.6 Å². The van der Waals surface area contributed by atoms with E-state index in [1.165, 1.54) is 134 Å². The number of amides is 1. The standard InChI is InChI=1S/C34H64Cl3NO5S/c1-5-6-7-8-9-10-11-12-13-14-15-16-17-18-19-20-21-22-23-24-25-41-26-27-44-28-30(31(39)43-33(2,3)4)38-32(40)42-29-34(35,36)37/h30H,5-29H2,1-4H3,(H,38,40)/t30-/m0/s1. The van der Waals surface area contributed by atoms with Crippen molar-refractivity contribution in [1.29, 1.82) is 0 Å². The molecule has 0 saturated carbocycles. The van der Waals surface area contributed by atoms with Crippen molar-refractivity contribution in [2.45, 2.75) is 172 Å². The number of hydrogen-bond donors (Lipinski definition) is 1. The van der Waals surface area contributed by atoms with Crippen molar-refractivity contribution < 1.29 is 23.8 Å². The molecule has 0 aromatic heterocycles. The Kier molecular flexibility index (Phi) is 29.0. The molecule has 1 N–H and O–H groups in total. The molecule has 0 bridgehead atoms. The molecule has 0 aliphatic heterocycles. The summed E-state index contributed by atoms with van der Waals surface area (Å²) in [5.41, 5.74) is -0.682. The average Bonchev–Trinajstić information content (AvgIpc) is 2.94. The monoisotopic (exact) mass is 703 g/mol. The molecule has 1 atom stereocenters. The second-order valence-electron chi connectivity index (χ2n) is 12.8. The number of alkyl carbamates (subject to hydrolysis) is 1. The van der Waals surface area contributed by atoms with Gasteiger partial charge in [-0.1, -0.05) is 164 Å². The molecular formula is C34H64Cl3NO5S. The number of carbonyl (C=O) groups is 2. The lowest BCUT2D eigenvalue weighted by Gasteiger charge is -2.24. The molecule has 1 amide bonds. The van der Waals surface area contributed by atoms with Gasteiger partial charge in [-0.25, -0.2) is 9.59 Å². The molecule has 0 heterocycles. The number of hydrogen-bond acceptors (Lipinski definition) is 6. The molecule has 44 heavy (non-hydrogen) atoms. The summed E-state index contributed by atoms with van der Waals surface area (Å²) >= 11 is 18.4. The minimum absolute atomic E-state index is 0.320. The van der Waals surface area contributed by atoms with Crippen LogP contribution in [0.3, 0.4) is 0 Å². The molecule has 0 rings (SSSR count). The molecule has 262 valence electrons. The minimum Gasteiger partial charge on any atom is -0.458 e. The SMILES string of the molecule is CCCCCCCCCCCCCCCCCCCCCCOCCSC[C@H](NC(=O)OCC(Cl)(Cl)Cl)C(=O)OC(C)(C)C. The number of esters is 1. The summed E-state index contributed by atoms with van der Waals surface area (Å²) in [5, 5.41) is 2.51. The van der Waals surface area contributed by atoms with Crippen molar-refractivity contribution in [2.75, 3.05) is 31.3 Å². The second-order valence-corrected chi connectivity index (χ2v) is 16.5. The largest absolute Gasteiger partial charge is 0.458 e. The van der Waals surface area contributed by atoms with E-state index in [1.807, 2.05) is 0 Å². The number of ether oxygens (including phenoxy) is 3. The summed E-state index contributed by atoms with van der Waals surface area (Å²) in [6, 6.07) is -0.883. The number of rotatable bonds is 29. The van der Waals surface area contributed by atoms with Crippen LogP contribution in [0, 0.1) is 0 Å². The van der Waals surface area contributed by atoms with Crippen molar-refractivity contribution in [2.24, 2.45) is 0 Å². The first-order chi connectivity index (χ1) is 20.9. The van der Waals surface area contributed by atoms with Gasteiger partial charge in [0.2, 0.25) is 3.79 Å². The quantitative estimate of drug-likeness (QED) is 0.0475. The fourth-order valence-electron chi connectivity index (χ4n) is 4.75. The van der Waals surface area contributed by atoms with Gasteiger partial charge in [-0.2, -0.15) is 11.8 Å². The van der Waals surface area contributed by atoms with Crippen LogP contribution in [0.25, 0.3) is 0 Å².